The number of nitrogens with two attached hydrogens (primary N) is 1. The van der Waals surface area contributed by atoms with Crippen molar-refractivity contribution < 1.29 is 9.47 Å². The average molecular weight is 262 g/mol. The first kappa shape index (κ1) is 12.8. The van der Waals surface area contributed by atoms with Crippen LogP contribution >= 0.6 is 0 Å². The maximum absolute atomic E-state index is 5.95. The van der Waals surface area contributed by atoms with Crippen molar-refractivity contribution in [3.63, 3.8) is 0 Å². The molecule has 3 unspecified atom stereocenters. The minimum Gasteiger partial charge on any atom is -0.486 e. The van der Waals surface area contributed by atoms with Gasteiger partial charge < -0.3 is 20.5 Å². The van der Waals surface area contributed by atoms with Crippen LogP contribution in [0.15, 0.2) is 18.2 Å². The maximum Gasteiger partial charge on any atom is 0.161 e. The third-order valence-corrected chi connectivity index (χ3v) is 4.03. The summed E-state index contributed by atoms with van der Waals surface area (Å²) in [7, 11) is 0. The Kier molecular flexibility index (Phi) is 3.62. The van der Waals surface area contributed by atoms with Gasteiger partial charge in [0.1, 0.15) is 13.2 Å². The summed E-state index contributed by atoms with van der Waals surface area (Å²) in [4.78, 5) is 0. The molecule has 0 radical (unpaired) electrons. The number of ether oxygens (including phenoxy) is 2. The van der Waals surface area contributed by atoms with Crippen LogP contribution in [0.3, 0.4) is 0 Å². The van der Waals surface area contributed by atoms with Gasteiger partial charge in [-0.15, -0.1) is 0 Å². The zero-order valence-electron chi connectivity index (χ0n) is 11.4. The maximum atomic E-state index is 5.95. The topological polar surface area (TPSA) is 56.5 Å². The summed E-state index contributed by atoms with van der Waals surface area (Å²) in [6.07, 6.45) is 3.39. The van der Waals surface area contributed by atoms with Gasteiger partial charge in [-0.05, 0) is 43.9 Å². The van der Waals surface area contributed by atoms with E-state index in [0.717, 1.165) is 24.3 Å². The first-order valence-corrected chi connectivity index (χ1v) is 7.13. The summed E-state index contributed by atoms with van der Waals surface area (Å²) in [5, 5.41) is 3.66. The molecule has 3 atom stereocenters. The smallest absolute Gasteiger partial charge is 0.161 e. The first-order chi connectivity index (χ1) is 9.22. The molecule has 0 aromatic heterocycles. The molecule has 1 aliphatic carbocycles. The van der Waals surface area contributed by atoms with Gasteiger partial charge in [-0.25, -0.2) is 0 Å². The van der Waals surface area contributed by atoms with Crippen molar-refractivity contribution >= 4 is 0 Å². The van der Waals surface area contributed by atoms with Crippen LogP contribution in [0.5, 0.6) is 11.5 Å². The normalized spacial score (nSPS) is 27.3. The first-order valence-electron chi connectivity index (χ1n) is 7.13. The van der Waals surface area contributed by atoms with Gasteiger partial charge in [-0.2, -0.15) is 0 Å². The van der Waals surface area contributed by atoms with Gasteiger partial charge >= 0.3 is 0 Å². The largest absolute Gasteiger partial charge is 0.486 e. The Hall–Kier alpha value is -1.26. The van der Waals surface area contributed by atoms with Crippen molar-refractivity contribution in [1.29, 1.82) is 0 Å². The average Bonchev–Trinajstić information content (AvgIpc) is 2.83. The van der Waals surface area contributed by atoms with Crippen molar-refractivity contribution in [3.05, 3.63) is 23.8 Å². The van der Waals surface area contributed by atoms with E-state index in [0.29, 0.717) is 31.3 Å². The van der Waals surface area contributed by atoms with Gasteiger partial charge in [0.15, 0.2) is 11.5 Å². The Morgan fingerprint density at radius 2 is 2.00 bits per heavy atom. The minimum atomic E-state index is 0.311. The highest BCUT2D eigenvalue weighted by Crippen LogP contribution is 2.33. The van der Waals surface area contributed by atoms with E-state index in [9.17, 15) is 0 Å². The highest BCUT2D eigenvalue weighted by atomic mass is 16.6. The van der Waals surface area contributed by atoms with Gasteiger partial charge in [-0.3, -0.25) is 0 Å². The number of fused-ring (bicyclic) bond motifs is 1. The monoisotopic (exact) mass is 262 g/mol. The summed E-state index contributed by atoms with van der Waals surface area (Å²) in [5.41, 5.74) is 7.19. The van der Waals surface area contributed by atoms with E-state index in [-0.39, 0.29) is 0 Å². The molecule has 4 nitrogen and oxygen atoms in total. The zero-order valence-corrected chi connectivity index (χ0v) is 11.4. The van der Waals surface area contributed by atoms with Crippen LogP contribution in [0.4, 0.5) is 0 Å². The number of hydrogen-bond acceptors (Lipinski definition) is 4. The van der Waals surface area contributed by atoms with Crippen LogP contribution < -0.4 is 20.5 Å². The van der Waals surface area contributed by atoms with Crippen molar-refractivity contribution in [2.75, 3.05) is 13.2 Å². The van der Waals surface area contributed by atoms with Gasteiger partial charge in [0.05, 0.1) is 0 Å². The summed E-state index contributed by atoms with van der Waals surface area (Å²) in [6.45, 7) is 3.46. The molecular weight excluding hydrogens is 240 g/mol. The Labute approximate surface area is 114 Å². The number of hydrogen-bond donors (Lipinski definition) is 2. The van der Waals surface area contributed by atoms with E-state index in [1.54, 1.807) is 0 Å². The summed E-state index contributed by atoms with van der Waals surface area (Å²) in [5.74, 6) is 1.71. The molecule has 19 heavy (non-hydrogen) atoms. The Morgan fingerprint density at radius 1 is 1.21 bits per heavy atom. The van der Waals surface area contributed by atoms with Crippen LogP contribution in [0.25, 0.3) is 0 Å². The van der Waals surface area contributed by atoms with Gasteiger partial charge in [0, 0.05) is 18.1 Å². The zero-order chi connectivity index (χ0) is 13.2. The van der Waals surface area contributed by atoms with Crippen molar-refractivity contribution in [2.45, 2.75) is 44.3 Å². The lowest BCUT2D eigenvalue weighted by Gasteiger charge is -2.23. The van der Waals surface area contributed by atoms with Crippen LogP contribution in [-0.4, -0.2) is 25.3 Å². The molecule has 4 heteroatoms. The lowest BCUT2D eigenvalue weighted by atomic mass is 10.1. The molecule has 1 aliphatic heterocycles. The minimum absolute atomic E-state index is 0.311. The molecule has 2 aliphatic rings. The fraction of sp³-hybridized carbons (Fsp3) is 0.600. The molecule has 1 aromatic carbocycles. The van der Waals surface area contributed by atoms with E-state index >= 15 is 0 Å². The molecular formula is C15H22N2O2. The molecule has 1 heterocycles. The molecule has 0 spiro atoms. The number of rotatable bonds is 3. The van der Waals surface area contributed by atoms with Crippen LogP contribution in [0.2, 0.25) is 0 Å². The molecule has 1 saturated carbocycles. The molecule has 1 aromatic rings. The quantitative estimate of drug-likeness (QED) is 0.874. The van der Waals surface area contributed by atoms with Crippen LogP contribution in [0, 0.1) is 0 Å². The molecule has 104 valence electrons. The standard InChI is InChI=1S/C15H22N2O2/c1-10(17-13-4-3-12(16)9-13)11-2-5-14-15(8-11)19-7-6-18-14/h2,5,8,10,12-13,17H,3-4,6-7,9,16H2,1H3. The highest BCUT2D eigenvalue weighted by molar-refractivity contribution is 5.44. The van der Waals surface area contributed by atoms with Crippen molar-refractivity contribution in [1.82, 2.24) is 5.32 Å². The molecule has 1 fully saturated rings. The predicted molar refractivity (Wildman–Crippen MR) is 74.6 cm³/mol. The lowest BCUT2D eigenvalue weighted by Crippen LogP contribution is -2.30. The molecule has 0 saturated heterocycles. The summed E-state index contributed by atoms with van der Waals surface area (Å²) in [6, 6.07) is 7.41. The third-order valence-electron chi connectivity index (χ3n) is 4.03. The van der Waals surface area contributed by atoms with Gasteiger partial charge in [0.2, 0.25) is 0 Å². The van der Waals surface area contributed by atoms with Crippen LogP contribution in [-0.2, 0) is 0 Å². The van der Waals surface area contributed by atoms with E-state index in [1.165, 1.54) is 12.0 Å². The third kappa shape index (κ3) is 2.85. The second kappa shape index (κ2) is 5.39. The van der Waals surface area contributed by atoms with Gasteiger partial charge in [0.25, 0.3) is 0 Å². The Morgan fingerprint density at radius 3 is 2.74 bits per heavy atom. The Balaban J connectivity index is 1.67. The lowest BCUT2D eigenvalue weighted by molar-refractivity contribution is 0.171. The summed E-state index contributed by atoms with van der Waals surface area (Å²) < 4.78 is 11.2. The SMILES string of the molecule is CC(NC1CCC(N)C1)c1ccc2c(c1)OCCO2. The molecule has 0 bridgehead atoms. The fourth-order valence-corrected chi connectivity index (χ4v) is 2.95. The second-order valence-corrected chi connectivity index (χ2v) is 5.56. The van der Waals surface area contributed by atoms with E-state index < -0.39 is 0 Å². The van der Waals surface area contributed by atoms with E-state index in [2.05, 4.69) is 24.4 Å². The van der Waals surface area contributed by atoms with Gasteiger partial charge in [-0.1, -0.05) is 6.07 Å². The van der Waals surface area contributed by atoms with E-state index in [4.69, 9.17) is 15.2 Å². The molecule has 3 rings (SSSR count). The predicted octanol–water partition coefficient (Wildman–Crippen LogP) is 1.99. The summed E-state index contributed by atoms with van der Waals surface area (Å²) >= 11 is 0. The van der Waals surface area contributed by atoms with Crippen molar-refractivity contribution in [2.24, 2.45) is 5.73 Å². The van der Waals surface area contributed by atoms with Crippen molar-refractivity contribution in [3.8, 4) is 11.5 Å². The van der Waals surface area contributed by atoms with Crippen LogP contribution in [0.1, 0.15) is 37.8 Å². The van der Waals surface area contributed by atoms with E-state index in [1.807, 2.05) is 6.07 Å². The number of nitrogens with one attached hydrogen (secondary N) is 1. The second-order valence-electron chi connectivity index (χ2n) is 5.56. The fourth-order valence-electron chi connectivity index (χ4n) is 2.95. The number of benzene rings is 1. The highest BCUT2D eigenvalue weighted by Gasteiger charge is 2.23. The molecule has 3 N–H and O–H groups in total. The molecule has 0 amide bonds. The Bertz CT molecular complexity index is 450.